The van der Waals surface area contributed by atoms with Crippen LogP contribution in [0.4, 0.5) is 0 Å². The van der Waals surface area contributed by atoms with Crippen molar-refractivity contribution in [2.75, 3.05) is 13.2 Å². The third-order valence-electron chi connectivity index (χ3n) is 3.04. The maximum Gasteiger partial charge on any atom is 0.122 e. The Bertz CT molecular complexity index is 562. The number of hydrogen-bond donors (Lipinski definition) is 1. The average molecular weight is 285 g/mol. The molecule has 0 fully saturated rings. The molecule has 0 radical (unpaired) electrons. The average Bonchev–Trinajstić information content (AvgIpc) is 2.54. The third kappa shape index (κ3) is 4.84. The van der Waals surface area contributed by atoms with Crippen molar-refractivity contribution in [3.05, 3.63) is 59.7 Å². The minimum absolute atomic E-state index is 0.475. The molecule has 0 aliphatic rings. The first kappa shape index (κ1) is 14.9. The van der Waals surface area contributed by atoms with Crippen molar-refractivity contribution in [1.82, 2.24) is 0 Å². The first-order chi connectivity index (χ1) is 10.3. The normalized spacial score (nSPS) is 10.7. The predicted octanol–water partition coefficient (Wildman–Crippen LogP) is 3.51. The highest BCUT2D eigenvalue weighted by Gasteiger charge is 1.97. The number of benzene rings is 2. The fourth-order valence-corrected chi connectivity index (χ4v) is 1.86. The van der Waals surface area contributed by atoms with Gasteiger partial charge < -0.3 is 14.7 Å². The Labute approximate surface area is 124 Å². The van der Waals surface area contributed by atoms with Gasteiger partial charge in [-0.25, -0.2) is 0 Å². The van der Waals surface area contributed by atoms with Crippen molar-refractivity contribution < 1.29 is 14.7 Å². The smallest absolute Gasteiger partial charge is 0.122 e. The van der Waals surface area contributed by atoms with E-state index in [0.717, 1.165) is 23.5 Å². The lowest BCUT2D eigenvalue weighted by molar-refractivity contribution is 0.217. The highest BCUT2D eigenvalue weighted by Crippen LogP contribution is 2.13. The zero-order valence-corrected chi connectivity index (χ0v) is 12.0. The lowest BCUT2D eigenvalue weighted by Crippen LogP contribution is -2.09. The van der Waals surface area contributed by atoms with E-state index in [-0.39, 0.29) is 0 Å². The lowest BCUT2D eigenvalue weighted by atomic mass is 10.2. The summed E-state index contributed by atoms with van der Waals surface area (Å²) in [7, 11) is 0. The van der Waals surface area contributed by atoms with Gasteiger partial charge in [0.1, 0.15) is 24.7 Å². The first-order valence-electron chi connectivity index (χ1n) is 6.94. The van der Waals surface area contributed by atoms with Crippen molar-refractivity contribution in [1.29, 1.82) is 0 Å². The Morgan fingerprint density at radius 2 is 1.43 bits per heavy atom. The Hall–Kier alpha value is -2.49. The molecule has 0 amide bonds. The van der Waals surface area contributed by atoms with Crippen molar-refractivity contribution in [3.63, 3.8) is 0 Å². The van der Waals surface area contributed by atoms with Crippen molar-refractivity contribution >= 4 is 6.21 Å². The van der Waals surface area contributed by atoms with Gasteiger partial charge in [0.25, 0.3) is 0 Å². The van der Waals surface area contributed by atoms with Crippen molar-refractivity contribution in [3.8, 4) is 11.5 Å². The van der Waals surface area contributed by atoms with Crippen LogP contribution >= 0.6 is 0 Å². The molecule has 0 heterocycles. The Kier molecular flexibility index (Phi) is 5.64. The summed E-state index contributed by atoms with van der Waals surface area (Å²) in [5.74, 6) is 1.61. The summed E-state index contributed by atoms with van der Waals surface area (Å²) in [5, 5.41) is 11.4. The summed E-state index contributed by atoms with van der Waals surface area (Å²) in [5.41, 5.74) is 2.11. The van der Waals surface area contributed by atoms with Gasteiger partial charge in [-0.3, -0.25) is 0 Å². The van der Waals surface area contributed by atoms with E-state index in [9.17, 15) is 0 Å². The topological polar surface area (TPSA) is 51.0 Å². The van der Waals surface area contributed by atoms with Crippen LogP contribution in [0.5, 0.6) is 11.5 Å². The van der Waals surface area contributed by atoms with Crippen LogP contribution in [0.2, 0.25) is 0 Å². The van der Waals surface area contributed by atoms with Gasteiger partial charge in [0.15, 0.2) is 0 Å². The third-order valence-corrected chi connectivity index (χ3v) is 3.04. The Balaban J connectivity index is 1.73. The fraction of sp³-hybridized carbons (Fsp3) is 0.235. The molecule has 2 aromatic rings. The Morgan fingerprint density at radius 1 is 0.905 bits per heavy atom. The zero-order valence-electron chi connectivity index (χ0n) is 12.0. The molecule has 110 valence electrons. The van der Waals surface area contributed by atoms with Crippen LogP contribution in [0.1, 0.15) is 18.1 Å². The molecule has 0 saturated carbocycles. The van der Waals surface area contributed by atoms with Crippen LogP contribution in [0.25, 0.3) is 0 Å². The molecule has 0 aromatic heterocycles. The van der Waals surface area contributed by atoms with Crippen LogP contribution in [-0.2, 0) is 6.42 Å². The summed E-state index contributed by atoms with van der Waals surface area (Å²) >= 11 is 0. The molecule has 0 bridgehead atoms. The van der Waals surface area contributed by atoms with Gasteiger partial charge in [0.2, 0.25) is 0 Å². The molecule has 0 saturated heterocycles. The zero-order chi connectivity index (χ0) is 14.9. The summed E-state index contributed by atoms with van der Waals surface area (Å²) in [4.78, 5) is 0. The second-order valence-corrected chi connectivity index (χ2v) is 4.51. The standard InChI is InChI=1S/C17H19NO3/c1-2-14-3-7-16(8-4-14)20-11-12-21-17-9-5-15(6-10-17)13-18-19/h3-10,13,19H,2,11-12H2,1H3. The number of aryl methyl sites for hydroxylation is 1. The van der Waals surface area contributed by atoms with E-state index in [1.54, 1.807) is 0 Å². The molecule has 0 aliphatic carbocycles. The molecule has 1 N–H and O–H groups in total. The number of oxime groups is 1. The molecule has 2 aromatic carbocycles. The molecule has 0 spiro atoms. The molecule has 0 unspecified atom stereocenters. The van der Waals surface area contributed by atoms with Gasteiger partial charge in [0.05, 0.1) is 6.21 Å². The van der Waals surface area contributed by atoms with Gasteiger partial charge in [-0.1, -0.05) is 24.2 Å². The summed E-state index contributed by atoms with van der Waals surface area (Å²) in [6.45, 7) is 3.09. The molecule has 0 atom stereocenters. The number of rotatable bonds is 7. The maximum atomic E-state index is 8.43. The second-order valence-electron chi connectivity index (χ2n) is 4.51. The van der Waals surface area contributed by atoms with Crippen LogP contribution in [0.3, 0.4) is 0 Å². The fourth-order valence-electron chi connectivity index (χ4n) is 1.86. The SMILES string of the molecule is CCc1ccc(OCCOc2ccc(C=NO)cc2)cc1. The van der Waals surface area contributed by atoms with Gasteiger partial charge in [0, 0.05) is 0 Å². The van der Waals surface area contributed by atoms with E-state index < -0.39 is 0 Å². The molecule has 4 heteroatoms. The van der Waals surface area contributed by atoms with Crippen molar-refractivity contribution in [2.24, 2.45) is 5.16 Å². The van der Waals surface area contributed by atoms with E-state index >= 15 is 0 Å². The van der Waals surface area contributed by atoms with Gasteiger partial charge in [-0.2, -0.15) is 0 Å². The highest BCUT2D eigenvalue weighted by molar-refractivity contribution is 5.79. The highest BCUT2D eigenvalue weighted by atomic mass is 16.5. The minimum Gasteiger partial charge on any atom is -0.490 e. The van der Waals surface area contributed by atoms with Gasteiger partial charge in [-0.05, 0) is 53.9 Å². The van der Waals surface area contributed by atoms with Crippen LogP contribution < -0.4 is 9.47 Å². The lowest BCUT2D eigenvalue weighted by Gasteiger charge is -2.09. The first-order valence-corrected chi connectivity index (χ1v) is 6.94. The van der Waals surface area contributed by atoms with E-state index in [2.05, 4.69) is 24.2 Å². The molecule has 4 nitrogen and oxygen atoms in total. The van der Waals surface area contributed by atoms with Crippen LogP contribution in [0.15, 0.2) is 53.7 Å². The van der Waals surface area contributed by atoms with Crippen molar-refractivity contribution in [2.45, 2.75) is 13.3 Å². The van der Waals surface area contributed by atoms with E-state index in [0.29, 0.717) is 13.2 Å². The summed E-state index contributed by atoms with van der Waals surface area (Å²) in [6.07, 6.45) is 2.40. The maximum absolute atomic E-state index is 8.43. The Morgan fingerprint density at radius 3 is 1.90 bits per heavy atom. The van der Waals surface area contributed by atoms with Crippen LogP contribution in [0, 0.1) is 0 Å². The van der Waals surface area contributed by atoms with E-state index in [4.69, 9.17) is 14.7 Å². The van der Waals surface area contributed by atoms with Gasteiger partial charge >= 0.3 is 0 Å². The molecule has 0 aliphatic heterocycles. The molecule has 2 rings (SSSR count). The number of nitrogens with zero attached hydrogens (tertiary/aromatic N) is 1. The quantitative estimate of drug-likeness (QED) is 0.366. The monoisotopic (exact) mass is 285 g/mol. The number of hydrogen-bond acceptors (Lipinski definition) is 4. The predicted molar refractivity (Wildman–Crippen MR) is 82.6 cm³/mol. The number of ether oxygens (including phenoxy) is 2. The second kappa shape index (κ2) is 7.94. The van der Waals surface area contributed by atoms with E-state index in [1.807, 2.05) is 36.4 Å². The van der Waals surface area contributed by atoms with Crippen LogP contribution in [-0.4, -0.2) is 24.6 Å². The summed E-state index contributed by atoms with van der Waals surface area (Å²) < 4.78 is 11.2. The van der Waals surface area contributed by atoms with E-state index in [1.165, 1.54) is 11.8 Å². The summed E-state index contributed by atoms with van der Waals surface area (Å²) in [6, 6.07) is 15.4. The molecular weight excluding hydrogens is 266 g/mol. The van der Waals surface area contributed by atoms with Gasteiger partial charge in [-0.15, -0.1) is 0 Å². The largest absolute Gasteiger partial charge is 0.490 e. The molecular formula is C17H19NO3. The minimum atomic E-state index is 0.475. The molecule has 21 heavy (non-hydrogen) atoms.